The Hall–Kier alpha value is -2.28. The van der Waals surface area contributed by atoms with Crippen LogP contribution in [-0.4, -0.2) is 4.89 Å². The summed E-state index contributed by atoms with van der Waals surface area (Å²) in [7, 11) is -2.45. The summed E-state index contributed by atoms with van der Waals surface area (Å²) in [5.74, 6) is 0. The second-order valence-electron chi connectivity index (χ2n) is 7.52. The summed E-state index contributed by atoms with van der Waals surface area (Å²) < 4.78 is 12.2. The van der Waals surface area contributed by atoms with Gasteiger partial charge in [-0.15, -0.1) is 0 Å². The van der Waals surface area contributed by atoms with Crippen LogP contribution in [0.4, 0.5) is 0 Å². The van der Waals surface area contributed by atoms with Gasteiger partial charge in [-0.3, -0.25) is 0 Å². The predicted octanol–water partition coefficient (Wildman–Crippen LogP) is 6.23. The van der Waals surface area contributed by atoms with Gasteiger partial charge in [-0.1, -0.05) is 47.5 Å². The van der Waals surface area contributed by atoms with Crippen molar-refractivity contribution >= 4 is 13.3 Å². The molecule has 0 aliphatic heterocycles. The molecule has 0 amide bonds. The number of rotatable bonds is 3. The molecular formula is C24H26O2P+. The van der Waals surface area contributed by atoms with Crippen molar-refractivity contribution < 1.29 is 9.46 Å². The van der Waals surface area contributed by atoms with Crippen molar-refractivity contribution in [2.24, 2.45) is 0 Å². The zero-order valence-corrected chi connectivity index (χ0v) is 17.7. The van der Waals surface area contributed by atoms with E-state index >= 15 is 0 Å². The van der Waals surface area contributed by atoms with Crippen LogP contribution in [0, 0.1) is 41.5 Å². The molecule has 2 nitrogen and oxygen atoms in total. The maximum atomic E-state index is 12.2. The Morgan fingerprint density at radius 3 is 1.56 bits per heavy atom. The number of hydrogen-bond donors (Lipinski definition) is 1. The predicted molar refractivity (Wildman–Crippen MR) is 115 cm³/mol. The highest BCUT2D eigenvalue weighted by Gasteiger charge is 2.28. The zero-order valence-electron chi connectivity index (χ0n) is 16.8. The maximum absolute atomic E-state index is 12.2. The first-order valence-electron chi connectivity index (χ1n) is 9.16. The van der Waals surface area contributed by atoms with E-state index in [1.807, 2.05) is 6.07 Å². The van der Waals surface area contributed by atoms with Crippen LogP contribution in [0.1, 0.15) is 33.4 Å². The standard InChI is InChI=1S/C24H25O2P/c1-14-10-16(3)22(17(4)11-14)20-8-7-9-21(27(25)26)24(20)23-18(5)12-15(2)13-19(23)6/h7-13H,1-6H3/p+1. The molecule has 0 aliphatic carbocycles. The molecule has 1 atom stereocenters. The Morgan fingerprint density at radius 1 is 0.667 bits per heavy atom. The van der Waals surface area contributed by atoms with Gasteiger partial charge in [0.1, 0.15) is 0 Å². The first-order chi connectivity index (χ1) is 12.7. The van der Waals surface area contributed by atoms with Crippen molar-refractivity contribution in [2.75, 3.05) is 0 Å². The molecule has 0 aliphatic rings. The lowest BCUT2D eigenvalue weighted by atomic mass is 9.85. The average Bonchev–Trinajstić information content (AvgIpc) is 2.53. The monoisotopic (exact) mass is 377 g/mol. The van der Waals surface area contributed by atoms with E-state index in [9.17, 15) is 9.46 Å². The number of hydrogen-bond acceptors (Lipinski definition) is 1. The molecule has 0 fully saturated rings. The topological polar surface area (TPSA) is 37.3 Å². The maximum Gasteiger partial charge on any atom is 0.546 e. The molecule has 27 heavy (non-hydrogen) atoms. The summed E-state index contributed by atoms with van der Waals surface area (Å²) in [5, 5.41) is 0.497. The Morgan fingerprint density at radius 2 is 1.11 bits per heavy atom. The van der Waals surface area contributed by atoms with Gasteiger partial charge in [0, 0.05) is 5.56 Å². The van der Waals surface area contributed by atoms with Gasteiger partial charge in [0.05, 0.1) is 0 Å². The zero-order chi connectivity index (χ0) is 19.9. The van der Waals surface area contributed by atoms with Gasteiger partial charge in [-0.25, -0.2) is 0 Å². The van der Waals surface area contributed by atoms with Crippen molar-refractivity contribution in [2.45, 2.75) is 41.5 Å². The lowest BCUT2D eigenvalue weighted by molar-refractivity contribution is 0.513. The molecule has 3 aromatic carbocycles. The van der Waals surface area contributed by atoms with Gasteiger partial charge >= 0.3 is 8.03 Å². The smallest absolute Gasteiger partial charge is 0.156 e. The van der Waals surface area contributed by atoms with E-state index in [0.717, 1.165) is 33.4 Å². The van der Waals surface area contributed by atoms with Crippen molar-refractivity contribution in [3.8, 4) is 22.3 Å². The van der Waals surface area contributed by atoms with Gasteiger partial charge in [0.2, 0.25) is 5.30 Å². The average molecular weight is 377 g/mol. The van der Waals surface area contributed by atoms with Gasteiger partial charge in [0.15, 0.2) is 0 Å². The van der Waals surface area contributed by atoms with Crippen molar-refractivity contribution in [3.05, 3.63) is 75.8 Å². The van der Waals surface area contributed by atoms with E-state index in [4.69, 9.17) is 0 Å². The molecule has 3 aromatic rings. The van der Waals surface area contributed by atoms with Crippen LogP contribution in [0.15, 0.2) is 42.5 Å². The highest BCUT2D eigenvalue weighted by molar-refractivity contribution is 7.47. The summed E-state index contributed by atoms with van der Waals surface area (Å²) in [5.41, 5.74) is 11.1. The van der Waals surface area contributed by atoms with Gasteiger partial charge in [-0.05, 0) is 91.1 Å². The molecule has 138 valence electrons. The fourth-order valence-electron chi connectivity index (χ4n) is 4.35. The fourth-order valence-corrected chi connectivity index (χ4v) is 4.99. The Bertz CT molecular complexity index is 1020. The Labute approximate surface area is 162 Å². The summed E-state index contributed by atoms with van der Waals surface area (Å²) in [6, 6.07) is 14.4. The summed E-state index contributed by atoms with van der Waals surface area (Å²) in [6.07, 6.45) is 0. The summed E-state index contributed by atoms with van der Waals surface area (Å²) >= 11 is 0. The van der Waals surface area contributed by atoms with Crippen molar-refractivity contribution in [1.82, 2.24) is 0 Å². The minimum Gasteiger partial charge on any atom is -0.156 e. The van der Waals surface area contributed by atoms with E-state index < -0.39 is 8.03 Å². The molecule has 0 spiro atoms. The molecule has 0 saturated carbocycles. The third kappa shape index (κ3) is 3.60. The Balaban J connectivity index is 2.47. The molecule has 0 aromatic heterocycles. The molecule has 3 rings (SSSR count). The number of benzene rings is 3. The second-order valence-corrected chi connectivity index (χ2v) is 8.55. The molecule has 1 unspecified atom stereocenters. The van der Waals surface area contributed by atoms with Crippen LogP contribution in [0.3, 0.4) is 0 Å². The highest BCUT2D eigenvalue weighted by Crippen LogP contribution is 2.40. The Kier molecular flexibility index (Phi) is 5.33. The van der Waals surface area contributed by atoms with E-state index in [1.54, 1.807) is 6.07 Å². The van der Waals surface area contributed by atoms with E-state index in [-0.39, 0.29) is 0 Å². The molecule has 0 bridgehead atoms. The van der Waals surface area contributed by atoms with E-state index in [0.29, 0.717) is 5.30 Å². The van der Waals surface area contributed by atoms with Crippen LogP contribution >= 0.6 is 8.03 Å². The molecule has 0 saturated heterocycles. The van der Waals surface area contributed by atoms with Crippen molar-refractivity contribution in [3.63, 3.8) is 0 Å². The molecule has 0 radical (unpaired) electrons. The number of aryl methyl sites for hydroxylation is 6. The first-order valence-corrected chi connectivity index (χ1v) is 10.4. The third-order valence-electron chi connectivity index (χ3n) is 5.12. The van der Waals surface area contributed by atoms with Crippen LogP contribution in [-0.2, 0) is 4.57 Å². The fraction of sp³-hybridized carbons (Fsp3) is 0.250. The van der Waals surface area contributed by atoms with Crippen LogP contribution in [0.2, 0.25) is 0 Å². The van der Waals surface area contributed by atoms with Crippen LogP contribution in [0.5, 0.6) is 0 Å². The van der Waals surface area contributed by atoms with E-state index in [1.165, 1.54) is 22.3 Å². The van der Waals surface area contributed by atoms with Gasteiger partial charge < -0.3 is 0 Å². The largest absolute Gasteiger partial charge is 0.546 e. The normalized spacial score (nSPS) is 11.6. The summed E-state index contributed by atoms with van der Waals surface area (Å²) in [4.78, 5) is 10.1. The quantitative estimate of drug-likeness (QED) is 0.549. The van der Waals surface area contributed by atoms with Gasteiger partial charge in [-0.2, -0.15) is 4.89 Å². The SMILES string of the molecule is Cc1cc(C)c(-c2cccc([P+](=O)O)c2-c2c(C)cc(C)cc2C)c(C)c1. The third-order valence-corrected chi connectivity index (χ3v) is 5.91. The van der Waals surface area contributed by atoms with E-state index in [2.05, 4.69) is 71.9 Å². The second kappa shape index (κ2) is 7.38. The molecular weight excluding hydrogens is 351 g/mol. The highest BCUT2D eigenvalue weighted by atomic mass is 31.1. The van der Waals surface area contributed by atoms with Crippen molar-refractivity contribution in [1.29, 1.82) is 0 Å². The van der Waals surface area contributed by atoms with Crippen LogP contribution in [0.25, 0.3) is 22.3 Å². The molecule has 1 N–H and O–H groups in total. The molecule has 0 heterocycles. The van der Waals surface area contributed by atoms with Gasteiger partial charge in [0.25, 0.3) is 0 Å². The first kappa shape index (κ1) is 19.5. The lowest BCUT2D eigenvalue weighted by Crippen LogP contribution is -2.07. The minimum atomic E-state index is -2.45. The lowest BCUT2D eigenvalue weighted by Gasteiger charge is -2.19. The van der Waals surface area contributed by atoms with Crippen LogP contribution < -0.4 is 5.30 Å². The molecule has 3 heteroatoms. The minimum absolute atomic E-state index is 0.497. The summed E-state index contributed by atoms with van der Waals surface area (Å²) in [6.45, 7) is 12.6.